The number of nitro benzene ring substituents is 1. The van der Waals surface area contributed by atoms with Crippen molar-refractivity contribution in [2.45, 2.75) is 27.7 Å². The molecule has 20 heavy (non-hydrogen) atoms. The Kier molecular flexibility index (Phi) is 5.76. The van der Waals surface area contributed by atoms with Crippen LogP contribution >= 0.6 is 0 Å². The zero-order valence-corrected chi connectivity index (χ0v) is 12.5. The molecule has 1 rings (SSSR count). The highest BCUT2D eigenvalue weighted by Gasteiger charge is 2.22. The van der Waals surface area contributed by atoms with Crippen LogP contribution in [0.4, 0.5) is 17.1 Å². The Morgan fingerprint density at radius 1 is 1.20 bits per heavy atom. The van der Waals surface area contributed by atoms with E-state index in [9.17, 15) is 10.1 Å². The highest BCUT2D eigenvalue weighted by molar-refractivity contribution is 5.75. The number of nitrogens with zero attached hydrogens (tertiary/aromatic N) is 1. The van der Waals surface area contributed by atoms with Gasteiger partial charge >= 0.3 is 5.69 Å². The monoisotopic (exact) mass is 280 g/mol. The molecule has 1 aromatic carbocycles. The predicted octanol–water partition coefficient (Wildman–Crippen LogP) is 3.22. The first-order chi connectivity index (χ1) is 9.38. The number of nitro groups is 1. The smallest absolute Gasteiger partial charge is 0.316 e. The second kappa shape index (κ2) is 7.09. The van der Waals surface area contributed by atoms with Gasteiger partial charge in [-0.3, -0.25) is 16.0 Å². The van der Waals surface area contributed by atoms with E-state index in [-0.39, 0.29) is 5.69 Å². The molecule has 0 aliphatic heterocycles. The summed E-state index contributed by atoms with van der Waals surface area (Å²) >= 11 is 0. The summed E-state index contributed by atoms with van der Waals surface area (Å²) in [6.07, 6.45) is 0. The van der Waals surface area contributed by atoms with E-state index in [2.05, 4.69) is 38.4 Å². The van der Waals surface area contributed by atoms with Gasteiger partial charge in [0.25, 0.3) is 0 Å². The van der Waals surface area contributed by atoms with E-state index in [0.717, 1.165) is 0 Å². The van der Waals surface area contributed by atoms with Crippen LogP contribution in [0.2, 0.25) is 0 Å². The molecule has 0 aliphatic carbocycles. The van der Waals surface area contributed by atoms with Crippen molar-refractivity contribution in [3.05, 3.63) is 28.3 Å². The summed E-state index contributed by atoms with van der Waals surface area (Å²) in [5.41, 5.74) is 3.16. The van der Waals surface area contributed by atoms with Gasteiger partial charge in [-0.05, 0) is 29.9 Å². The molecule has 0 bridgehead atoms. The number of hydrazine groups is 1. The second-order valence-corrected chi connectivity index (χ2v) is 5.64. The summed E-state index contributed by atoms with van der Waals surface area (Å²) in [6, 6.07) is 5.03. The van der Waals surface area contributed by atoms with Crippen molar-refractivity contribution in [2.24, 2.45) is 23.6 Å². The summed E-state index contributed by atoms with van der Waals surface area (Å²) in [5, 5.41) is 14.4. The van der Waals surface area contributed by atoms with Gasteiger partial charge in [0.2, 0.25) is 0 Å². The van der Waals surface area contributed by atoms with E-state index in [1.165, 1.54) is 0 Å². The molecule has 112 valence electrons. The SMILES string of the molecule is CC(C)C(CNc1cccc(NN)c1[N+](=O)[O-])C(C)C. The lowest BCUT2D eigenvalue weighted by Crippen LogP contribution is -2.25. The first-order valence-electron chi connectivity index (χ1n) is 6.86. The zero-order valence-electron chi connectivity index (χ0n) is 12.5. The average Bonchev–Trinajstić information content (AvgIpc) is 2.37. The molecule has 0 radical (unpaired) electrons. The van der Waals surface area contributed by atoms with Crippen LogP contribution in [0.25, 0.3) is 0 Å². The highest BCUT2D eigenvalue weighted by Crippen LogP contribution is 2.33. The van der Waals surface area contributed by atoms with Gasteiger partial charge in [-0.15, -0.1) is 0 Å². The molecular formula is C14H24N4O2. The number of hydrogen-bond acceptors (Lipinski definition) is 5. The molecule has 0 saturated heterocycles. The summed E-state index contributed by atoms with van der Waals surface area (Å²) in [6.45, 7) is 9.36. The third kappa shape index (κ3) is 3.84. The maximum absolute atomic E-state index is 11.2. The molecule has 0 aliphatic rings. The lowest BCUT2D eigenvalue weighted by atomic mass is 9.85. The van der Waals surface area contributed by atoms with E-state index in [4.69, 9.17) is 5.84 Å². The number of para-hydroxylation sites is 1. The number of nitrogens with two attached hydrogens (primary N) is 1. The fourth-order valence-electron chi connectivity index (χ4n) is 2.47. The summed E-state index contributed by atoms with van der Waals surface area (Å²) in [4.78, 5) is 10.8. The van der Waals surface area contributed by atoms with Gasteiger partial charge < -0.3 is 10.7 Å². The van der Waals surface area contributed by atoms with E-state index in [0.29, 0.717) is 35.7 Å². The zero-order chi connectivity index (χ0) is 15.3. The van der Waals surface area contributed by atoms with Crippen molar-refractivity contribution < 1.29 is 4.92 Å². The maximum Gasteiger partial charge on any atom is 0.316 e. The summed E-state index contributed by atoms with van der Waals surface area (Å²) in [5.74, 6) is 6.80. The molecule has 4 N–H and O–H groups in total. The molecule has 0 fully saturated rings. The Morgan fingerprint density at radius 2 is 1.75 bits per heavy atom. The topological polar surface area (TPSA) is 93.2 Å². The van der Waals surface area contributed by atoms with E-state index in [1.54, 1.807) is 18.2 Å². The predicted molar refractivity (Wildman–Crippen MR) is 82.6 cm³/mol. The van der Waals surface area contributed by atoms with Crippen molar-refractivity contribution in [1.29, 1.82) is 0 Å². The Balaban J connectivity index is 2.95. The van der Waals surface area contributed by atoms with Crippen LogP contribution in [0.5, 0.6) is 0 Å². The number of benzene rings is 1. The standard InChI is InChI=1S/C14H24N4O2/c1-9(2)11(10(3)4)8-16-12-6-5-7-13(17-15)14(12)18(19)20/h5-7,9-11,16-17H,8,15H2,1-4H3. The van der Waals surface area contributed by atoms with Crippen LogP contribution in [0.3, 0.4) is 0 Å². The van der Waals surface area contributed by atoms with Crippen LogP contribution in [-0.4, -0.2) is 11.5 Å². The minimum absolute atomic E-state index is 0.0127. The van der Waals surface area contributed by atoms with Gasteiger partial charge in [-0.1, -0.05) is 33.8 Å². The Hall–Kier alpha value is -1.82. The van der Waals surface area contributed by atoms with Gasteiger partial charge in [0, 0.05) is 6.54 Å². The van der Waals surface area contributed by atoms with Crippen molar-refractivity contribution in [3.8, 4) is 0 Å². The van der Waals surface area contributed by atoms with Crippen LogP contribution in [0.1, 0.15) is 27.7 Å². The van der Waals surface area contributed by atoms with Crippen molar-refractivity contribution >= 4 is 17.1 Å². The van der Waals surface area contributed by atoms with Crippen LogP contribution in [0, 0.1) is 27.9 Å². The molecular weight excluding hydrogens is 256 g/mol. The molecule has 0 aromatic heterocycles. The molecule has 0 unspecified atom stereocenters. The Morgan fingerprint density at radius 3 is 2.20 bits per heavy atom. The second-order valence-electron chi connectivity index (χ2n) is 5.64. The molecule has 6 nitrogen and oxygen atoms in total. The Labute approximate surface area is 119 Å². The number of hydrogen-bond donors (Lipinski definition) is 3. The lowest BCUT2D eigenvalue weighted by molar-refractivity contribution is -0.383. The fraction of sp³-hybridized carbons (Fsp3) is 0.571. The van der Waals surface area contributed by atoms with Crippen molar-refractivity contribution in [1.82, 2.24) is 0 Å². The molecule has 0 heterocycles. The third-order valence-electron chi connectivity index (χ3n) is 3.61. The molecule has 0 saturated carbocycles. The van der Waals surface area contributed by atoms with Gasteiger partial charge in [-0.25, -0.2) is 0 Å². The van der Waals surface area contributed by atoms with Crippen LogP contribution < -0.4 is 16.6 Å². The van der Waals surface area contributed by atoms with Gasteiger partial charge in [-0.2, -0.15) is 0 Å². The van der Waals surface area contributed by atoms with Crippen LogP contribution in [0.15, 0.2) is 18.2 Å². The lowest BCUT2D eigenvalue weighted by Gasteiger charge is -2.25. The van der Waals surface area contributed by atoms with E-state index >= 15 is 0 Å². The fourth-order valence-corrected chi connectivity index (χ4v) is 2.47. The highest BCUT2D eigenvalue weighted by atomic mass is 16.6. The first-order valence-corrected chi connectivity index (χ1v) is 6.86. The first kappa shape index (κ1) is 16.2. The Bertz CT molecular complexity index is 452. The van der Waals surface area contributed by atoms with Gasteiger partial charge in [0.15, 0.2) is 0 Å². The molecule has 0 amide bonds. The van der Waals surface area contributed by atoms with Crippen molar-refractivity contribution in [3.63, 3.8) is 0 Å². The number of anilines is 2. The van der Waals surface area contributed by atoms with E-state index < -0.39 is 4.92 Å². The maximum atomic E-state index is 11.2. The average molecular weight is 280 g/mol. The van der Waals surface area contributed by atoms with E-state index in [1.807, 2.05) is 0 Å². The van der Waals surface area contributed by atoms with Gasteiger partial charge in [0.1, 0.15) is 11.4 Å². The molecule has 6 heteroatoms. The largest absolute Gasteiger partial charge is 0.379 e. The van der Waals surface area contributed by atoms with Gasteiger partial charge in [0.05, 0.1) is 4.92 Å². The summed E-state index contributed by atoms with van der Waals surface area (Å²) < 4.78 is 0. The number of rotatable bonds is 7. The number of nitrogen functional groups attached to an aromatic ring is 1. The number of nitrogens with one attached hydrogen (secondary N) is 2. The third-order valence-corrected chi connectivity index (χ3v) is 3.61. The molecule has 1 aromatic rings. The molecule has 0 spiro atoms. The minimum Gasteiger partial charge on any atom is -0.379 e. The summed E-state index contributed by atoms with van der Waals surface area (Å²) in [7, 11) is 0. The minimum atomic E-state index is -0.419. The quantitative estimate of drug-likeness (QED) is 0.405. The van der Waals surface area contributed by atoms with Crippen LogP contribution in [-0.2, 0) is 0 Å². The van der Waals surface area contributed by atoms with Crippen molar-refractivity contribution in [2.75, 3.05) is 17.3 Å². The normalized spacial score (nSPS) is 11.2. The molecule has 0 atom stereocenters.